The highest BCUT2D eigenvalue weighted by molar-refractivity contribution is 9.10. The number of aryl methyl sites for hydroxylation is 5. The molecule has 0 atom stereocenters. The summed E-state index contributed by atoms with van der Waals surface area (Å²) in [6.45, 7) is 4.84. The summed E-state index contributed by atoms with van der Waals surface area (Å²) in [6.07, 6.45) is 6.00. The first-order valence-electron chi connectivity index (χ1n) is 19.4. The van der Waals surface area contributed by atoms with E-state index in [0.29, 0.717) is 23.4 Å². The Morgan fingerprint density at radius 1 is 0.678 bits per heavy atom. The van der Waals surface area contributed by atoms with Crippen LogP contribution in [0.25, 0.3) is 21.8 Å². The number of fused-ring (bicyclic) bond motifs is 6. The average molecular weight is 928 g/mol. The third-order valence-corrected chi connectivity index (χ3v) is 12.8. The van der Waals surface area contributed by atoms with Gasteiger partial charge in [-0.3, -0.25) is 9.59 Å². The van der Waals surface area contributed by atoms with Crippen molar-refractivity contribution in [1.82, 2.24) is 9.13 Å². The zero-order chi connectivity index (χ0) is 42.0. The predicted molar refractivity (Wildman–Crippen MR) is 232 cm³/mol. The van der Waals surface area contributed by atoms with Crippen molar-refractivity contribution in [2.75, 3.05) is 27.4 Å². The van der Waals surface area contributed by atoms with E-state index in [4.69, 9.17) is 24.7 Å². The summed E-state index contributed by atoms with van der Waals surface area (Å²) in [5, 5.41) is 1.59. The Labute approximate surface area is 359 Å². The maximum Gasteiger partial charge on any atom is 0.343 e. The molecule has 2 N–H and O–H groups in total. The number of amides is 1. The molecule has 0 saturated heterocycles. The van der Waals surface area contributed by atoms with E-state index in [1.807, 2.05) is 41.0 Å². The fraction of sp³-hybridized carbons (Fsp3) is 0.304. The van der Waals surface area contributed by atoms with Crippen molar-refractivity contribution in [3.8, 4) is 11.5 Å². The van der Waals surface area contributed by atoms with Gasteiger partial charge in [0.1, 0.15) is 11.5 Å². The lowest BCUT2D eigenvalue weighted by Gasteiger charge is -2.15. The topological polar surface area (TPSA) is 141 Å². The number of hydrogen-bond donors (Lipinski definition) is 1. The molecule has 0 aliphatic heterocycles. The Kier molecular flexibility index (Phi) is 12.6. The van der Waals surface area contributed by atoms with Gasteiger partial charge in [-0.05, 0) is 116 Å². The number of carbonyl (C=O) groups is 4. The minimum atomic E-state index is -1.03. The molecule has 13 heteroatoms. The van der Waals surface area contributed by atoms with E-state index >= 15 is 0 Å². The van der Waals surface area contributed by atoms with Crippen LogP contribution >= 0.6 is 31.9 Å². The van der Waals surface area contributed by atoms with Crippen molar-refractivity contribution in [2.45, 2.75) is 65.5 Å². The summed E-state index contributed by atoms with van der Waals surface area (Å²) in [4.78, 5) is 48.1. The number of nitrogens with two attached hydrogens (primary N) is 1. The molecule has 0 saturated carbocycles. The molecule has 2 aliphatic rings. The maximum absolute atomic E-state index is 12.9. The summed E-state index contributed by atoms with van der Waals surface area (Å²) in [7, 11) is 2.66. The molecule has 2 aromatic heterocycles. The van der Waals surface area contributed by atoms with E-state index in [1.54, 1.807) is 6.92 Å². The van der Waals surface area contributed by atoms with E-state index in [1.165, 1.54) is 42.1 Å². The second-order valence-corrected chi connectivity index (χ2v) is 16.5. The Morgan fingerprint density at radius 2 is 1.19 bits per heavy atom. The van der Waals surface area contributed by atoms with Gasteiger partial charge in [-0.25, -0.2) is 9.59 Å². The fourth-order valence-corrected chi connectivity index (χ4v) is 9.18. The quantitative estimate of drug-likeness (QED) is 0.0735. The van der Waals surface area contributed by atoms with Crippen LogP contribution in [0, 0.1) is 13.8 Å². The summed E-state index contributed by atoms with van der Waals surface area (Å²) < 4.78 is 27.5. The highest BCUT2D eigenvalue weighted by Gasteiger charge is 2.31. The molecule has 11 nitrogen and oxygen atoms in total. The van der Waals surface area contributed by atoms with Crippen LogP contribution in [-0.2, 0) is 62.6 Å². The zero-order valence-electron chi connectivity index (χ0n) is 33.4. The molecule has 4 aromatic carbocycles. The van der Waals surface area contributed by atoms with Crippen molar-refractivity contribution in [2.24, 2.45) is 5.73 Å². The van der Waals surface area contributed by atoms with E-state index in [2.05, 4.69) is 73.7 Å². The molecule has 0 spiro atoms. The Hall–Kier alpha value is -5.40. The molecule has 0 unspecified atom stereocenters. The first-order valence-corrected chi connectivity index (χ1v) is 21.0. The van der Waals surface area contributed by atoms with Gasteiger partial charge in [0, 0.05) is 38.8 Å². The number of benzene rings is 4. The van der Waals surface area contributed by atoms with E-state index in [9.17, 15) is 19.2 Å². The summed E-state index contributed by atoms with van der Waals surface area (Å²) in [6, 6.07) is 22.3. The van der Waals surface area contributed by atoms with Crippen LogP contribution in [0.3, 0.4) is 0 Å². The van der Waals surface area contributed by atoms with E-state index < -0.39 is 17.7 Å². The molecule has 8 rings (SSSR count). The molecule has 59 heavy (non-hydrogen) atoms. The summed E-state index contributed by atoms with van der Waals surface area (Å²) in [5.74, 6) is -1.57. The van der Waals surface area contributed by atoms with Gasteiger partial charge in [0.05, 0.1) is 36.2 Å². The fourth-order valence-electron chi connectivity index (χ4n) is 8.36. The smallest absolute Gasteiger partial charge is 0.343 e. The summed E-state index contributed by atoms with van der Waals surface area (Å²) >= 11 is 7.26. The third kappa shape index (κ3) is 8.40. The van der Waals surface area contributed by atoms with Gasteiger partial charge in [-0.2, -0.15) is 0 Å². The number of nitrogens with zero attached hydrogens (tertiary/aromatic N) is 2. The lowest BCUT2D eigenvalue weighted by molar-refractivity contribution is -0.143. The van der Waals surface area contributed by atoms with Gasteiger partial charge in [0.2, 0.25) is 0 Å². The molecule has 0 radical (unpaired) electrons. The first kappa shape index (κ1) is 41.7. The van der Waals surface area contributed by atoms with Gasteiger partial charge < -0.3 is 33.8 Å². The molecule has 0 bridgehead atoms. The minimum Gasteiger partial charge on any atom is -0.481 e. The number of Topliss-reactive ketones (excluding diaryl/α,β-unsaturated/α-hetero) is 1. The Bertz CT molecular complexity index is 2640. The van der Waals surface area contributed by atoms with Gasteiger partial charge in [-0.15, -0.1) is 0 Å². The number of ether oxygens (including phenoxy) is 4. The van der Waals surface area contributed by atoms with Crippen LogP contribution in [0.1, 0.15) is 68.0 Å². The molecule has 2 heterocycles. The number of ketones is 1. The van der Waals surface area contributed by atoms with Crippen LogP contribution in [0.4, 0.5) is 0 Å². The van der Waals surface area contributed by atoms with Crippen LogP contribution in [0.5, 0.6) is 11.5 Å². The zero-order valence-corrected chi connectivity index (χ0v) is 36.6. The van der Waals surface area contributed by atoms with Gasteiger partial charge in [0.25, 0.3) is 11.7 Å². The van der Waals surface area contributed by atoms with Crippen molar-refractivity contribution in [3.05, 3.63) is 126 Å². The number of esters is 2. The Morgan fingerprint density at radius 3 is 1.73 bits per heavy atom. The largest absolute Gasteiger partial charge is 0.481 e. The lowest BCUT2D eigenvalue weighted by Crippen LogP contribution is -2.24. The predicted octanol–water partition coefficient (Wildman–Crippen LogP) is 8.27. The molecular formula is C46H45Br2N3O8. The molecular weight excluding hydrogens is 882 g/mol. The van der Waals surface area contributed by atoms with Crippen molar-refractivity contribution in [3.63, 3.8) is 0 Å². The normalized spacial score (nSPS) is 12.8. The number of rotatable bonds is 12. The second kappa shape index (κ2) is 17.8. The van der Waals surface area contributed by atoms with Crippen molar-refractivity contribution < 1.29 is 38.1 Å². The average Bonchev–Trinajstić information content (AvgIpc) is 4.02. The summed E-state index contributed by atoms with van der Waals surface area (Å²) in [5.41, 5.74) is 16.8. The third-order valence-electron chi connectivity index (χ3n) is 11.2. The number of carbonyl (C=O) groups excluding carboxylic acids is 4. The number of halogens is 2. The molecule has 1 amide bonds. The van der Waals surface area contributed by atoms with Crippen LogP contribution in [0.15, 0.2) is 75.7 Å². The number of aromatic nitrogens is 2. The Balaban J connectivity index is 0.000000181. The van der Waals surface area contributed by atoms with E-state index in [0.717, 1.165) is 87.4 Å². The van der Waals surface area contributed by atoms with Crippen LogP contribution < -0.4 is 15.2 Å². The van der Waals surface area contributed by atoms with Crippen molar-refractivity contribution >= 4 is 77.3 Å². The van der Waals surface area contributed by atoms with Gasteiger partial charge in [-0.1, -0.05) is 68.3 Å². The van der Waals surface area contributed by atoms with Crippen LogP contribution in [-0.4, -0.2) is 60.2 Å². The second-order valence-electron chi connectivity index (χ2n) is 14.7. The molecule has 0 fully saturated rings. The standard InChI is InChI=1S/C24H23BrN2O5.C22H22BrNO3/c1-13-20(23(29)24(26)30)21-18(32-12-19(28)31-2)10-14-7-5-8-16(14)22(21)27(13)11-15-6-3-4-9-17(15)25;1-14-10-18-20(27-13-21(25)26-2)11-15-7-5-8-17(15)22(18)24(14)12-16-6-3-4-9-19(16)23/h3-4,6,9-10H,5,7-8,11-12H2,1-2H3,(H2,26,30);3-4,6,9-11H,5,7-8,12-13H2,1-2H3. The highest BCUT2D eigenvalue weighted by atomic mass is 79.9. The molecule has 6 aromatic rings. The van der Waals surface area contributed by atoms with Crippen LogP contribution in [0.2, 0.25) is 0 Å². The van der Waals surface area contributed by atoms with Crippen molar-refractivity contribution in [1.29, 1.82) is 0 Å². The monoisotopic (exact) mass is 925 g/mol. The van der Waals surface area contributed by atoms with Gasteiger partial charge in [0.15, 0.2) is 13.2 Å². The number of methoxy groups -OCH3 is 2. The number of primary amides is 1. The number of hydrogen-bond acceptors (Lipinski definition) is 8. The molecule has 2 aliphatic carbocycles. The maximum atomic E-state index is 12.9. The molecule has 306 valence electrons. The highest BCUT2D eigenvalue weighted by Crippen LogP contribution is 2.42. The lowest BCUT2D eigenvalue weighted by atomic mass is 10.0. The SMILES string of the molecule is COC(=O)COc1cc2c(c3c1c(C(=O)C(N)=O)c(C)n3Cc1ccccc1Br)CCC2.COC(=O)COc1cc2c(c3c1cc(C)n3Cc1ccccc1Br)CCC2. The van der Waals surface area contributed by atoms with E-state index in [-0.39, 0.29) is 24.7 Å². The first-order chi connectivity index (χ1) is 28.4. The minimum absolute atomic E-state index is 0.0706. The van der Waals surface area contributed by atoms with Gasteiger partial charge >= 0.3 is 11.9 Å².